The average Bonchev–Trinajstić information content (AvgIpc) is 2.51. The van der Waals surface area contributed by atoms with Crippen LogP contribution in [0.1, 0.15) is 13.3 Å². The van der Waals surface area contributed by atoms with E-state index in [0.717, 1.165) is 6.42 Å². The first kappa shape index (κ1) is 9.17. The van der Waals surface area contributed by atoms with E-state index >= 15 is 0 Å². The summed E-state index contributed by atoms with van der Waals surface area (Å²) in [4.78, 5) is 7.89. The summed E-state index contributed by atoms with van der Waals surface area (Å²) in [5, 5.41) is 0. The number of ether oxygens (including phenoxy) is 1. The zero-order chi connectivity index (χ0) is 9.97. The SMILES string of the molecule is CC1CC(Oc2nccc(N)n2)NN1. The van der Waals surface area contributed by atoms with Crippen molar-refractivity contribution in [1.29, 1.82) is 0 Å². The molecule has 0 radical (unpaired) electrons. The van der Waals surface area contributed by atoms with Crippen LogP contribution in [0.25, 0.3) is 0 Å². The van der Waals surface area contributed by atoms with E-state index in [-0.39, 0.29) is 6.23 Å². The highest BCUT2D eigenvalue weighted by molar-refractivity contribution is 5.26. The summed E-state index contributed by atoms with van der Waals surface area (Å²) < 4.78 is 5.45. The van der Waals surface area contributed by atoms with Crippen molar-refractivity contribution >= 4 is 5.82 Å². The molecule has 14 heavy (non-hydrogen) atoms. The van der Waals surface area contributed by atoms with Gasteiger partial charge in [0.1, 0.15) is 5.82 Å². The molecule has 2 heterocycles. The van der Waals surface area contributed by atoms with E-state index in [1.165, 1.54) is 0 Å². The van der Waals surface area contributed by atoms with Crippen LogP contribution < -0.4 is 21.3 Å². The maximum atomic E-state index is 5.49. The fraction of sp³-hybridized carbons (Fsp3) is 0.500. The van der Waals surface area contributed by atoms with Crippen molar-refractivity contribution in [2.75, 3.05) is 5.73 Å². The maximum absolute atomic E-state index is 5.49. The summed E-state index contributed by atoms with van der Waals surface area (Å²) in [6, 6.07) is 2.31. The Morgan fingerprint density at radius 2 is 2.43 bits per heavy atom. The summed E-state index contributed by atoms with van der Waals surface area (Å²) in [5.74, 6) is 0.411. The Balaban J connectivity index is 1.97. The smallest absolute Gasteiger partial charge is 0.319 e. The fourth-order valence-corrected chi connectivity index (χ4v) is 1.29. The summed E-state index contributed by atoms with van der Waals surface area (Å²) in [7, 11) is 0. The van der Waals surface area contributed by atoms with Gasteiger partial charge in [0, 0.05) is 18.7 Å². The second kappa shape index (κ2) is 3.77. The molecule has 1 saturated heterocycles. The van der Waals surface area contributed by atoms with Gasteiger partial charge in [0.05, 0.1) is 0 Å². The molecule has 2 unspecified atom stereocenters. The van der Waals surface area contributed by atoms with E-state index in [4.69, 9.17) is 10.5 Å². The number of hydrogen-bond acceptors (Lipinski definition) is 6. The predicted octanol–water partition coefficient (Wildman–Crippen LogP) is -0.350. The van der Waals surface area contributed by atoms with Crippen molar-refractivity contribution in [2.45, 2.75) is 25.6 Å². The monoisotopic (exact) mass is 195 g/mol. The Morgan fingerprint density at radius 1 is 1.57 bits per heavy atom. The van der Waals surface area contributed by atoms with Crippen LogP contribution in [0.2, 0.25) is 0 Å². The van der Waals surface area contributed by atoms with E-state index in [0.29, 0.717) is 17.9 Å². The van der Waals surface area contributed by atoms with Gasteiger partial charge in [-0.15, -0.1) is 0 Å². The lowest BCUT2D eigenvalue weighted by molar-refractivity contribution is 0.164. The molecule has 0 spiro atoms. The second-order valence-corrected chi connectivity index (χ2v) is 3.30. The number of aromatic nitrogens is 2. The highest BCUT2D eigenvalue weighted by Crippen LogP contribution is 2.10. The first-order chi connectivity index (χ1) is 6.74. The van der Waals surface area contributed by atoms with Gasteiger partial charge in [0.15, 0.2) is 6.23 Å². The molecule has 76 valence electrons. The highest BCUT2D eigenvalue weighted by atomic mass is 16.5. The van der Waals surface area contributed by atoms with E-state index in [1.807, 2.05) is 0 Å². The molecule has 0 amide bonds. The van der Waals surface area contributed by atoms with Gasteiger partial charge in [-0.05, 0) is 13.0 Å². The zero-order valence-corrected chi connectivity index (χ0v) is 7.90. The van der Waals surface area contributed by atoms with Crippen LogP contribution in [-0.2, 0) is 0 Å². The minimum absolute atomic E-state index is 0.0909. The van der Waals surface area contributed by atoms with Gasteiger partial charge in [0.2, 0.25) is 0 Å². The number of nitrogens with zero attached hydrogens (tertiary/aromatic N) is 2. The normalized spacial score (nSPS) is 26.4. The standard InChI is InChI=1S/C8H13N5O/c1-5-4-7(13-12-5)14-8-10-3-2-6(9)11-8/h2-3,5,7,12-13H,4H2,1H3,(H2,9,10,11). The van der Waals surface area contributed by atoms with Gasteiger partial charge < -0.3 is 10.5 Å². The molecule has 6 heteroatoms. The van der Waals surface area contributed by atoms with Crippen molar-refractivity contribution in [3.05, 3.63) is 12.3 Å². The highest BCUT2D eigenvalue weighted by Gasteiger charge is 2.22. The van der Waals surface area contributed by atoms with Gasteiger partial charge in [-0.25, -0.2) is 10.4 Å². The van der Waals surface area contributed by atoms with Crippen molar-refractivity contribution in [2.24, 2.45) is 0 Å². The van der Waals surface area contributed by atoms with Crippen LogP contribution in [0.3, 0.4) is 0 Å². The number of rotatable bonds is 2. The minimum atomic E-state index is -0.0909. The third-order valence-corrected chi connectivity index (χ3v) is 1.96. The van der Waals surface area contributed by atoms with Gasteiger partial charge in [-0.2, -0.15) is 4.98 Å². The molecule has 0 saturated carbocycles. The van der Waals surface area contributed by atoms with Gasteiger partial charge in [-0.1, -0.05) is 0 Å². The molecule has 1 aromatic heterocycles. The Kier molecular flexibility index (Phi) is 2.47. The van der Waals surface area contributed by atoms with E-state index in [1.54, 1.807) is 12.3 Å². The maximum Gasteiger partial charge on any atom is 0.319 e. The van der Waals surface area contributed by atoms with Gasteiger partial charge in [0.25, 0.3) is 0 Å². The van der Waals surface area contributed by atoms with Crippen LogP contribution in [-0.4, -0.2) is 22.2 Å². The van der Waals surface area contributed by atoms with Gasteiger partial charge >= 0.3 is 6.01 Å². The first-order valence-corrected chi connectivity index (χ1v) is 4.50. The topological polar surface area (TPSA) is 85.1 Å². The molecular formula is C8H13N5O. The molecule has 1 fully saturated rings. The molecule has 1 aliphatic rings. The summed E-state index contributed by atoms with van der Waals surface area (Å²) >= 11 is 0. The van der Waals surface area contributed by atoms with Crippen molar-refractivity contribution in [1.82, 2.24) is 20.8 Å². The molecule has 1 aromatic rings. The zero-order valence-electron chi connectivity index (χ0n) is 7.90. The van der Waals surface area contributed by atoms with Crippen molar-refractivity contribution < 1.29 is 4.74 Å². The van der Waals surface area contributed by atoms with Crippen LogP contribution in [0.15, 0.2) is 12.3 Å². The second-order valence-electron chi connectivity index (χ2n) is 3.30. The van der Waals surface area contributed by atoms with E-state index in [2.05, 4.69) is 27.7 Å². The summed E-state index contributed by atoms with van der Waals surface area (Å²) in [5.41, 5.74) is 11.5. The molecule has 0 aromatic carbocycles. The van der Waals surface area contributed by atoms with Gasteiger partial charge in [-0.3, -0.25) is 5.43 Å². The lowest BCUT2D eigenvalue weighted by Gasteiger charge is -2.10. The fourth-order valence-electron chi connectivity index (χ4n) is 1.29. The summed E-state index contributed by atoms with van der Waals surface area (Å²) in [6.45, 7) is 2.07. The van der Waals surface area contributed by atoms with Crippen LogP contribution >= 0.6 is 0 Å². The predicted molar refractivity (Wildman–Crippen MR) is 51.2 cm³/mol. The van der Waals surface area contributed by atoms with Crippen LogP contribution in [0.5, 0.6) is 6.01 Å². The number of nitrogen functional groups attached to an aromatic ring is 1. The number of nitrogens with two attached hydrogens (primary N) is 1. The van der Waals surface area contributed by atoms with E-state index in [9.17, 15) is 0 Å². The molecule has 6 nitrogen and oxygen atoms in total. The Morgan fingerprint density at radius 3 is 3.07 bits per heavy atom. The van der Waals surface area contributed by atoms with Crippen LogP contribution in [0.4, 0.5) is 5.82 Å². The van der Waals surface area contributed by atoms with Crippen LogP contribution in [0, 0.1) is 0 Å². The summed E-state index contributed by atoms with van der Waals surface area (Å²) in [6.07, 6.45) is 2.36. The number of hydrazine groups is 1. The molecule has 1 aliphatic heterocycles. The third kappa shape index (κ3) is 2.09. The Labute approximate surface area is 81.8 Å². The lowest BCUT2D eigenvalue weighted by Crippen LogP contribution is -2.35. The van der Waals surface area contributed by atoms with E-state index < -0.39 is 0 Å². The molecule has 0 bridgehead atoms. The average molecular weight is 195 g/mol. The molecule has 2 atom stereocenters. The number of anilines is 1. The largest absolute Gasteiger partial charge is 0.443 e. The molecule has 0 aliphatic carbocycles. The molecule has 2 rings (SSSR count). The minimum Gasteiger partial charge on any atom is -0.443 e. The van der Waals surface area contributed by atoms with Crippen molar-refractivity contribution in [3.8, 4) is 6.01 Å². The molecule has 4 N–H and O–H groups in total. The van der Waals surface area contributed by atoms with Crippen molar-refractivity contribution in [3.63, 3.8) is 0 Å². The lowest BCUT2D eigenvalue weighted by atomic mass is 10.2. The Hall–Kier alpha value is -1.40. The quantitative estimate of drug-likeness (QED) is 0.598. The third-order valence-electron chi connectivity index (χ3n) is 1.96. The number of hydrogen-bond donors (Lipinski definition) is 3. The first-order valence-electron chi connectivity index (χ1n) is 4.50. The number of nitrogens with one attached hydrogen (secondary N) is 2. The Bertz CT molecular complexity index is 318. The molecular weight excluding hydrogens is 182 g/mol.